The summed E-state index contributed by atoms with van der Waals surface area (Å²) < 4.78 is 4.88. The Morgan fingerprint density at radius 2 is 1.50 bits per heavy atom. The summed E-state index contributed by atoms with van der Waals surface area (Å²) in [6, 6.07) is 12.6. The number of fused-ring (bicyclic) bond motifs is 1. The summed E-state index contributed by atoms with van der Waals surface area (Å²) in [6.07, 6.45) is 9.95. The van der Waals surface area contributed by atoms with E-state index in [2.05, 4.69) is 29.4 Å². The Morgan fingerprint density at radius 1 is 0.925 bits per heavy atom. The van der Waals surface area contributed by atoms with Gasteiger partial charge in [-0.15, -0.1) is 0 Å². The summed E-state index contributed by atoms with van der Waals surface area (Å²) >= 11 is 0. The summed E-state index contributed by atoms with van der Waals surface area (Å²) in [5.74, 6) is 2.71. The second-order valence-electron chi connectivity index (χ2n) is 12.9. The first-order valence-corrected chi connectivity index (χ1v) is 14.5. The molecule has 8 nitrogen and oxygen atoms in total. The highest BCUT2D eigenvalue weighted by Crippen LogP contribution is 2.60. The maximum absolute atomic E-state index is 13.5. The van der Waals surface area contributed by atoms with Gasteiger partial charge in [0.15, 0.2) is 0 Å². The Morgan fingerprint density at radius 3 is 2.08 bits per heavy atom. The fraction of sp³-hybridized carbons (Fsp3) is 0.469. The Kier molecular flexibility index (Phi) is 5.57. The van der Waals surface area contributed by atoms with Crippen molar-refractivity contribution in [2.75, 3.05) is 19.0 Å². The fourth-order valence-corrected chi connectivity index (χ4v) is 8.44. The molecule has 4 fully saturated rings. The van der Waals surface area contributed by atoms with Gasteiger partial charge in [0.1, 0.15) is 0 Å². The molecule has 4 aliphatic rings. The minimum atomic E-state index is -0.122. The first-order chi connectivity index (χ1) is 19.1. The van der Waals surface area contributed by atoms with Crippen molar-refractivity contribution in [3.63, 3.8) is 0 Å². The van der Waals surface area contributed by atoms with Gasteiger partial charge >= 0.3 is 5.69 Å². The molecule has 8 heteroatoms. The van der Waals surface area contributed by atoms with Crippen LogP contribution in [0.15, 0.2) is 51.0 Å². The summed E-state index contributed by atoms with van der Waals surface area (Å²) in [7, 11) is 7.43. The lowest BCUT2D eigenvalue weighted by Crippen LogP contribution is -2.48. The molecule has 1 N–H and O–H groups in total. The minimum absolute atomic E-state index is 0.0839. The number of nitrogens with one attached hydrogen (secondary N) is 1. The number of H-pyrrole nitrogens is 1. The number of imidazole rings is 1. The van der Waals surface area contributed by atoms with Gasteiger partial charge in [-0.25, -0.2) is 9.48 Å². The molecular formula is C32H38N6O2. The predicted octanol–water partition coefficient (Wildman–Crippen LogP) is 4.95. The van der Waals surface area contributed by atoms with Crippen molar-refractivity contribution in [2.24, 2.45) is 36.8 Å². The quantitative estimate of drug-likeness (QED) is 0.365. The Labute approximate surface area is 233 Å². The molecule has 208 valence electrons. The first-order valence-electron chi connectivity index (χ1n) is 14.5. The Balaban J connectivity index is 1.21. The number of nitrogens with zero attached hydrogens (tertiary/aromatic N) is 5. The molecule has 40 heavy (non-hydrogen) atoms. The smallest absolute Gasteiger partial charge is 0.328 e. The highest BCUT2D eigenvalue weighted by atomic mass is 16.1. The zero-order chi connectivity index (χ0) is 27.9. The number of benzene rings is 2. The highest BCUT2D eigenvalue weighted by molar-refractivity contribution is 5.91. The molecule has 4 bridgehead atoms. The molecule has 0 amide bonds. The number of aliphatic imine (C=N–C) groups is 1. The molecule has 0 radical (unpaired) electrons. The Hall–Kier alpha value is -3.81. The molecule has 4 saturated carbocycles. The Bertz CT molecular complexity index is 1740. The van der Waals surface area contributed by atoms with Crippen molar-refractivity contribution < 1.29 is 0 Å². The van der Waals surface area contributed by atoms with E-state index in [0.29, 0.717) is 16.7 Å². The average molecular weight is 539 g/mol. The van der Waals surface area contributed by atoms with E-state index < -0.39 is 0 Å². The second kappa shape index (κ2) is 8.85. The van der Waals surface area contributed by atoms with Crippen LogP contribution in [0.2, 0.25) is 0 Å². The topological polar surface area (TPSA) is 80.3 Å². The number of rotatable bonds is 5. The monoisotopic (exact) mass is 538 g/mol. The predicted molar refractivity (Wildman–Crippen MR) is 161 cm³/mol. The standard InChI is InChI=1S/C32H38N6O2/c1-19-25(18-33-26-13-28-29(14-27(26)35(2)3)37(5)31(40)36(28)4)30(39)38(34-19)24-8-6-23(7-9-24)32-15-20-10-21(16-32)12-22(11-20)17-32/h6-9,13-14,18,20-22,34H,10-12,15-17H2,1-5H3. The molecule has 0 spiro atoms. The summed E-state index contributed by atoms with van der Waals surface area (Å²) in [4.78, 5) is 32.7. The van der Waals surface area contributed by atoms with Crippen LogP contribution >= 0.6 is 0 Å². The minimum Gasteiger partial charge on any atom is -0.376 e. The van der Waals surface area contributed by atoms with Crippen LogP contribution in [0.4, 0.5) is 11.4 Å². The van der Waals surface area contributed by atoms with Crippen molar-refractivity contribution in [1.29, 1.82) is 0 Å². The van der Waals surface area contributed by atoms with E-state index in [9.17, 15) is 9.59 Å². The van der Waals surface area contributed by atoms with Crippen molar-refractivity contribution in [2.45, 2.75) is 50.9 Å². The molecule has 8 rings (SSSR count). The lowest BCUT2D eigenvalue weighted by molar-refractivity contribution is -0.00518. The molecule has 4 aliphatic carbocycles. The van der Waals surface area contributed by atoms with Crippen molar-refractivity contribution in [3.8, 4) is 5.69 Å². The van der Waals surface area contributed by atoms with Gasteiger partial charge in [-0.2, -0.15) is 0 Å². The third-order valence-corrected chi connectivity index (χ3v) is 10.1. The molecule has 2 heterocycles. The number of hydrogen-bond donors (Lipinski definition) is 1. The van der Waals surface area contributed by atoms with E-state index in [0.717, 1.165) is 45.9 Å². The average Bonchev–Trinajstić information content (AvgIpc) is 3.32. The molecule has 2 aromatic heterocycles. The van der Waals surface area contributed by atoms with Gasteiger partial charge in [0.05, 0.1) is 33.7 Å². The van der Waals surface area contributed by atoms with Gasteiger partial charge < -0.3 is 4.90 Å². The van der Waals surface area contributed by atoms with Crippen molar-refractivity contribution in [3.05, 3.63) is 74.1 Å². The number of anilines is 1. The number of aryl methyl sites for hydroxylation is 3. The summed E-state index contributed by atoms with van der Waals surface area (Å²) in [5, 5.41) is 3.26. The van der Waals surface area contributed by atoms with E-state index in [1.807, 2.05) is 38.1 Å². The molecule has 2 aromatic carbocycles. The summed E-state index contributed by atoms with van der Waals surface area (Å²) in [6.45, 7) is 1.90. The van der Waals surface area contributed by atoms with Gasteiger partial charge in [0.2, 0.25) is 0 Å². The summed E-state index contributed by atoms with van der Waals surface area (Å²) in [5.41, 5.74) is 6.93. The molecule has 0 saturated heterocycles. The maximum atomic E-state index is 13.5. The van der Waals surface area contributed by atoms with Crippen LogP contribution < -0.4 is 16.1 Å². The largest absolute Gasteiger partial charge is 0.376 e. The van der Waals surface area contributed by atoms with Crippen molar-refractivity contribution in [1.82, 2.24) is 18.9 Å². The van der Waals surface area contributed by atoms with Crippen LogP contribution in [0, 0.1) is 24.7 Å². The van der Waals surface area contributed by atoms with Crippen LogP contribution in [-0.2, 0) is 19.5 Å². The third-order valence-electron chi connectivity index (χ3n) is 10.1. The van der Waals surface area contributed by atoms with Gasteiger partial charge in [-0.05, 0) is 98.4 Å². The lowest BCUT2D eigenvalue weighted by Gasteiger charge is -2.57. The normalized spacial score (nSPS) is 25.5. The zero-order valence-electron chi connectivity index (χ0n) is 24.1. The number of aromatic amines is 1. The van der Waals surface area contributed by atoms with Gasteiger partial charge in [-0.1, -0.05) is 12.1 Å². The van der Waals surface area contributed by atoms with E-state index >= 15 is 0 Å². The third kappa shape index (κ3) is 3.75. The zero-order valence-corrected chi connectivity index (χ0v) is 24.1. The van der Waals surface area contributed by atoms with E-state index in [-0.39, 0.29) is 11.2 Å². The van der Waals surface area contributed by atoms with Crippen LogP contribution in [0.5, 0.6) is 0 Å². The van der Waals surface area contributed by atoms with Crippen LogP contribution in [-0.4, -0.2) is 39.2 Å². The molecule has 0 aliphatic heterocycles. The SMILES string of the molecule is Cc1[nH]n(-c2ccc(C34CC5CC(CC(C5)C3)C4)cc2)c(=O)c1C=Nc1cc2c(cc1N(C)C)n(C)c(=O)n2C. The lowest BCUT2D eigenvalue weighted by atomic mass is 9.48. The maximum Gasteiger partial charge on any atom is 0.328 e. The number of hydrogen-bond acceptors (Lipinski definition) is 4. The molecule has 0 atom stereocenters. The molecule has 0 unspecified atom stereocenters. The van der Waals surface area contributed by atoms with Gasteiger partial charge in [-0.3, -0.25) is 24.0 Å². The van der Waals surface area contributed by atoms with Gasteiger partial charge in [0, 0.05) is 40.1 Å². The van der Waals surface area contributed by atoms with E-state index in [1.54, 1.807) is 34.1 Å². The fourth-order valence-electron chi connectivity index (χ4n) is 8.44. The van der Waals surface area contributed by atoms with Crippen LogP contribution in [0.25, 0.3) is 16.7 Å². The van der Waals surface area contributed by atoms with E-state index in [4.69, 9.17) is 4.99 Å². The molecule has 4 aromatic rings. The first kappa shape index (κ1) is 25.2. The van der Waals surface area contributed by atoms with Gasteiger partial charge in [0.25, 0.3) is 5.56 Å². The van der Waals surface area contributed by atoms with E-state index in [1.165, 1.54) is 44.1 Å². The number of aromatic nitrogens is 4. The van der Waals surface area contributed by atoms with Crippen LogP contribution in [0.1, 0.15) is 55.3 Å². The second-order valence-corrected chi connectivity index (χ2v) is 12.9. The highest BCUT2D eigenvalue weighted by Gasteiger charge is 2.51. The van der Waals surface area contributed by atoms with Crippen LogP contribution in [0.3, 0.4) is 0 Å². The molecular weight excluding hydrogens is 500 g/mol. The van der Waals surface area contributed by atoms with Crippen molar-refractivity contribution >= 4 is 28.6 Å².